The van der Waals surface area contributed by atoms with E-state index in [1.807, 2.05) is 22.6 Å². The fraction of sp³-hybridized carbons (Fsp3) is 0.375. The van der Waals surface area contributed by atoms with E-state index in [-0.39, 0.29) is 16.7 Å². The monoisotopic (exact) mass is 337 g/mol. The lowest BCUT2D eigenvalue weighted by Gasteiger charge is -2.13. The highest BCUT2D eigenvalue weighted by molar-refractivity contribution is 14.1. The minimum absolute atomic E-state index is 0.0158. The quantitative estimate of drug-likeness (QED) is 0.576. The summed E-state index contributed by atoms with van der Waals surface area (Å²) in [6.45, 7) is 0.492. The van der Waals surface area contributed by atoms with Crippen molar-refractivity contribution in [3.63, 3.8) is 0 Å². The molecule has 0 saturated carbocycles. The summed E-state index contributed by atoms with van der Waals surface area (Å²) < 4.78 is 0.505. The number of nitrogens with one attached hydrogen (secondary N) is 1. The molecule has 1 aromatic rings. The molecule has 0 aromatic carbocycles. The minimum Gasteiger partial charge on any atom is -0.291 e. The number of amides is 1. The summed E-state index contributed by atoms with van der Waals surface area (Å²) in [5, 5.41) is 0.0158. The Balaban J connectivity index is 2.34. The minimum atomic E-state index is -0.226. The molecule has 1 fully saturated rings. The average molecular weight is 337 g/mol. The van der Waals surface area contributed by atoms with Gasteiger partial charge in [-0.05, 0) is 22.6 Å². The van der Waals surface area contributed by atoms with E-state index < -0.39 is 0 Å². The van der Waals surface area contributed by atoms with Crippen molar-refractivity contribution in [2.75, 3.05) is 11.4 Å². The van der Waals surface area contributed by atoms with Crippen LogP contribution in [0.15, 0.2) is 11.0 Å². The molecule has 1 unspecified atom stereocenters. The third kappa shape index (κ3) is 2.17. The van der Waals surface area contributed by atoms with Crippen molar-refractivity contribution in [2.24, 2.45) is 0 Å². The van der Waals surface area contributed by atoms with Crippen molar-refractivity contribution in [1.82, 2.24) is 9.97 Å². The molecule has 1 saturated heterocycles. The molecule has 0 bridgehead atoms. The van der Waals surface area contributed by atoms with Crippen LogP contribution in [-0.2, 0) is 4.79 Å². The van der Waals surface area contributed by atoms with Gasteiger partial charge in [0, 0.05) is 24.4 Å². The second kappa shape index (κ2) is 4.12. The zero-order valence-electron chi connectivity index (χ0n) is 7.61. The van der Waals surface area contributed by atoms with Crippen molar-refractivity contribution in [3.05, 3.63) is 20.1 Å². The fourth-order valence-corrected chi connectivity index (χ4v) is 1.99. The lowest BCUT2D eigenvalue weighted by atomic mass is 10.4. The molecule has 1 atom stereocenters. The molecule has 2 rings (SSSR count). The molecule has 1 aliphatic heterocycles. The van der Waals surface area contributed by atoms with E-state index in [0.29, 0.717) is 22.5 Å². The Bertz CT molecular complexity index is 461. The van der Waals surface area contributed by atoms with Crippen LogP contribution in [0, 0.1) is 3.57 Å². The zero-order valence-corrected chi connectivity index (χ0v) is 10.7. The molecule has 80 valence electrons. The van der Waals surface area contributed by atoms with Gasteiger partial charge in [-0.3, -0.25) is 19.5 Å². The van der Waals surface area contributed by atoms with Crippen LogP contribution in [0.2, 0.25) is 0 Å². The number of carbonyl (C=O) groups excluding carboxylic acids is 1. The molecule has 0 radical (unpaired) electrons. The molecule has 5 nitrogen and oxygen atoms in total. The number of hydrogen-bond donors (Lipinski definition) is 2. The van der Waals surface area contributed by atoms with E-state index in [1.165, 1.54) is 11.1 Å². The number of thiol groups is 1. The van der Waals surface area contributed by atoms with Gasteiger partial charge in [0.1, 0.15) is 0 Å². The van der Waals surface area contributed by atoms with Crippen LogP contribution in [0.1, 0.15) is 6.42 Å². The van der Waals surface area contributed by atoms with Crippen LogP contribution in [-0.4, -0.2) is 27.7 Å². The van der Waals surface area contributed by atoms with Crippen LogP contribution in [0.25, 0.3) is 0 Å². The smallest absolute Gasteiger partial charge is 0.265 e. The molecule has 0 aliphatic carbocycles. The van der Waals surface area contributed by atoms with Crippen LogP contribution in [0.3, 0.4) is 0 Å². The Kier molecular flexibility index (Phi) is 3.01. The van der Waals surface area contributed by atoms with Crippen molar-refractivity contribution in [1.29, 1.82) is 0 Å². The Morgan fingerprint density at radius 3 is 2.87 bits per heavy atom. The van der Waals surface area contributed by atoms with Gasteiger partial charge in [-0.25, -0.2) is 4.98 Å². The van der Waals surface area contributed by atoms with Crippen molar-refractivity contribution in [3.8, 4) is 0 Å². The standard InChI is InChI=1S/C8H8IN3O2S/c9-5-2-10-8(11-7(5)14)12-3-4(15)1-6(12)13/h2,4,15H,1,3H2,(H,10,11,14). The summed E-state index contributed by atoms with van der Waals surface area (Å²) in [5.74, 6) is 0.251. The second-order valence-corrected chi connectivity index (χ2v) is 5.14. The SMILES string of the molecule is O=C1CC(S)CN1c1ncc(I)c(=O)[nH]1. The van der Waals surface area contributed by atoms with Gasteiger partial charge >= 0.3 is 0 Å². The van der Waals surface area contributed by atoms with E-state index in [9.17, 15) is 9.59 Å². The third-order valence-corrected chi connectivity index (χ3v) is 3.22. The maximum absolute atomic E-state index is 11.5. The maximum Gasteiger partial charge on any atom is 0.265 e. The van der Waals surface area contributed by atoms with E-state index in [1.54, 1.807) is 0 Å². The normalized spacial score (nSPS) is 21.1. The molecule has 0 spiro atoms. The molecule has 1 amide bonds. The Morgan fingerprint density at radius 1 is 1.60 bits per heavy atom. The first-order valence-electron chi connectivity index (χ1n) is 4.31. The van der Waals surface area contributed by atoms with Gasteiger partial charge in [0.15, 0.2) is 0 Å². The van der Waals surface area contributed by atoms with Crippen LogP contribution in [0.5, 0.6) is 0 Å². The zero-order chi connectivity index (χ0) is 11.0. The molecule has 1 aromatic heterocycles. The Labute approximate surface area is 105 Å². The summed E-state index contributed by atoms with van der Waals surface area (Å²) in [7, 11) is 0. The van der Waals surface area contributed by atoms with Crippen molar-refractivity contribution < 1.29 is 4.79 Å². The predicted octanol–water partition coefficient (Wildman–Crippen LogP) is 0.410. The number of anilines is 1. The first-order chi connectivity index (χ1) is 7.08. The highest BCUT2D eigenvalue weighted by Crippen LogP contribution is 2.19. The molecule has 2 heterocycles. The van der Waals surface area contributed by atoms with Gasteiger partial charge in [0.2, 0.25) is 11.9 Å². The first-order valence-corrected chi connectivity index (χ1v) is 5.90. The number of carbonyl (C=O) groups is 1. The maximum atomic E-state index is 11.5. The second-order valence-electron chi connectivity index (χ2n) is 3.25. The average Bonchev–Trinajstić information content (AvgIpc) is 2.50. The van der Waals surface area contributed by atoms with E-state index in [0.717, 1.165) is 0 Å². The van der Waals surface area contributed by atoms with Crippen molar-refractivity contribution in [2.45, 2.75) is 11.7 Å². The van der Waals surface area contributed by atoms with E-state index in [2.05, 4.69) is 22.6 Å². The summed E-state index contributed by atoms with van der Waals surface area (Å²) in [5.41, 5.74) is -0.226. The summed E-state index contributed by atoms with van der Waals surface area (Å²) in [6, 6.07) is 0. The Hall–Kier alpha value is -0.570. The molecule has 1 aliphatic rings. The van der Waals surface area contributed by atoms with Gasteiger partial charge in [0.25, 0.3) is 5.56 Å². The van der Waals surface area contributed by atoms with Gasteiger partial charge in [-0.1, -0.05) is 0 Å². The lowest BCUT2D eigenvalue weighted by Crippen LogP contribution is -2.29. The fourth-order valence-electron chi connectivity index (χ4n) is 1.40. The number of aromatic amines is 1. The van der Waals surface area contributed by atoms with Crippen LogP contribution < -0.4 is 10.5 Å². The number of aromatic nitrogens is 2. The van der Waals surface area contributed by atoms with Crippen LogP contribution in [0.4, 0.5) is 5.95 Å². The van der Waals surface area contributed by atoms with E-state index >= 15 is 0 Å². The number of rotatable bonds is 1. The molecule has 1 N–H and O–H groups in total. The predicted molar refractivity (Wildman–Crippen MR) is 67.3 cm³/mol. The molecule has 7 heteroatoms. The van der Waals surface area contributed by atoms with Gasteiger partial charge in [-0.2, -0.15) is 12.6 Å². The number of hydrogen-bond acceptors (Lipinski definition) is 4. The summed E-state index contributed by atoms with van der Waals surface area (Å²) in [6.07, 6.45) is 1.84. The Morgan fingerprint density at radius 2 is 2.33 bits per heavy atom. The lowest BCUT2D eigenvalue weighted by molar-refractivity contribution is -0.117. The highest BCUT2D eigenvalue weighted by atomic mass is 127. The molecular formula is C8H8IN3O2S. The van der Waals surface area contributed by atoms with Gasteiger partial charge in [-0.15, -0.1) is 0 Å². The van der Waals surface area contributed by atoms with Crippen molar-refractivity contribution >= 4 is 47.1 Å². The summed E-state index contributed by atoms with van der Waals surface area (Å²) >= 11 is 6.11. The topological polar surface area (TPSA) is 66.1 Å². The first kappa shape index (κ1) is 10.9. The van der Waals surface area contributed by atoms with E-state index in [4.69, 9.17) is 0 Å². The summed E-state index contributed by atoms with van der Waals surface area (Å²) in [4.78, 5) is 30.9. The highest BCUT2D eigenvalue weighted by Gasteiger charge is 2.29. The number of H-pyrrole nitrogens is 1. The largest absolute Gasteiger partial charge is 0.291 e. The number of nitrogens with zero attached hydrogens (tertiary/aromatic N) is 2. The number of halogens is 1. The molecular weight excluding hydrogens is 329 g/mol. The molecule has 15 heavy (non-hydrogen) atoms. The van der Waals surface area contributed by atoms with Gasteiger partial charge < -0.3 is 0 Å². The van der Waals surface area contributed by atoms with Gasteiger partial charge in [0.05, 0.1) is 3.57 Å². The third-order valence-electron chi connectivity index (χ3n) is 2.10. The van der Waals surface area contributed by atoms with Crippen LogP contribution >= 0.6 is 35.2 Å².